The first-order valence-electron chi connectivity index (χ1n) is 10.9. The summed E-state index contributed by atoms with van der Waals surface area (Å²) in [5, 5.41) is 9.73. The lowest BCUT2D eigenvalue weighted by atomic mass is 10.0. The summed E-state index contributed by atoms with van der Waals surface area (Å²) in [6.07, 6.45) is 9.82. The summed E-state index contributed by atoms with van der Waals surface area (Å²) in [4.78, 5) is 25.7. The highest BCUT2D eigenvalue weighted by atomic mass is 16.5. The molecule has 0 aromatic carbocycles. The van der Waals surface area contributed by atoms with Gasteiger partial charge in [0.2, 0.25) is 11.8 Å². The molecular formula is C23H23N7O2. The van der Waals surface area contributed by atoms with Crippen molar-refractivity contribution in [1.29, 1.82) is 0 Å². The first kappa shape index (κ1) is 19.0. The Morgan fingerprint density at radius 1 is 1.19 bits per heavy atom. The molecular weight excluding hydrogens is 406 g/mol. The highest BCUT2D eigenvalue weighted by Crippen LogP contribution is 2.40. The third kappa shape index (κ3) is 3.39. The fraction of sp³-hybridized carbons (Fsp3) is 0.348. The first-order valence-corrected chi connectivity index (χ1v) is 10.9. The first-order chi connectivity index (χ1) is 15.7. The standard InChI is InChI=1S/C23H23N7O2/c1-13(15-7-21(31)25-9-15)32-23-22-20(26-12-30(22)17-2-3-17)8-19(29-23)14-4-5-24-18(6-14)16-10-27-28-11-16/h4-6,8,10-13,15,17H,2-3,7,9H2,1H3,(H,25,31)(H,27,28)/t13-,15-/m1/s1. The Kier molecular flexibility index (Phi) is 4.41. The van der Waals surface area contributed by atoms with Crippen molar-refractivity contribution in [2.45, 2.75) is 38.3 Å². The van der Waals surface area contributed by atoms with E-state index in [2.05, 4.69) is 30.0 Å². The summed E-state index contributed by atoms with van der Waals surface area (Å²) in [6, 6.07) is 6.38. The average Bonchev–Trinajstić information content (AvgIpc) is 3.20. The topological polar surface area (TPSA) is 111 Å². The second-order valence-corrected chi connectivity index (χ2v) is 8.57. The summed E-state index contributed by atoms with van der Waals surface area (Å²) < 4.78 is 8.58. The number of rotatable bonds is 6. The SMILES string of the molecule is C[C@@H](Oc1nc(-c2ccnc(-c3cn[nH]c3)c2)cc2ncn(C3CC3)c12)[C@H]1CNC(=O)C1. The second kappa shape index (κ2) is 7.44. The van der Waals surface area contributed by atoms with E-state index < -0.39 is 0 Å². The van der Waals surface area contributed by atoms with Crippen LogP contribution in [0.25, 0.3) is 33.5 Å². The van der Waals surface area contributed by atoms with Crippen molar-refractivity contribution in [2.75, 3.05) is 6.54 Å². The van der Waals surface area contributed by atoms with Gasteiger partial charge in [-0.2, -0.15) is 5.10 Å². The number of H-pyrrole nitrogens is 1. The quantitative estimate of drug-likeness (QED) is 0.487. The molecule has 0 radical (unpaired) electrons. The molecule has 2 N–H and O–H groups in total. The van der Waals surface area contributed by atoms with Crippen LogP contribution in [-0.2, 0) is 4.79 Å². The van der Waals surface area contributed by atoms with Gasteiger partial charge in [-0.1, -0.05) is 0 Å². The summed E-state index contributed by atoms with van der Waals surface area (Å²) in [6.45, 7) is 2.63. The van der Waals surface area contributed by atoms with Gasteiger partial charge in [0.25, 0.3) is 0 Å². The summed E-state index contributed by atoms with van der Waals surface area (Å²) in [7, 11) is 0. The lowest BCUT2D eigenvalue weighted by molar-refractivity contribution is -0.119. The molecule has 32 heavy (non-hydrogen) atoms. The number of carbonyl (C=O) groups is 1. The van der Waals surface area contributed by atoms with Gasteiger partial charge in [0, 0.05) is 48.4 Å². The number of hydrogen-bond donors (Lipinski definition) is 2. The number of aromatic nitrogens is 6. The van der Waals surface area contributed by atoms with Crippen molar-refractivity contribution < 1.29 is 9.53 Å². The molecule has 0 unspecified atom stereocenters. The van der Waals surface area contributed by atoms with Crippen molar-refractivity contribution in [3.05, 3.63) is 43.1 Å². The lowest BCUT2D eigenvalue weighted by Gasteiger charge is -2.20. The number of hydrogen-bond acceptors (Lipinski definition) is 6. The van der Waals surface area contributed by atoms with Crippen molar-refractivity contribution in [3.8, 4) is 28.4 Å². The fourth-order valence-corrected chi connectivity index (χ4v) is 4.26. The maximum Gasteiger partial charge on any atom is 0.241 e. The molecule has 4 aromatic rings. The van der Waals surface area contributed by atoms with Crippen LogP contribution in [0.1, 0.15) is 32.2 Å². The minimum absolute atomic E-state index is 0.0730. The summed E-state index contributed by atoms with van der Waals surface area (Å²) in [5.74, 6) is 0.758. The van der Waals surface area contributed by atoms with Crippen LogP contribution in [-0.4, -0.2) is 48.3 Å². The van der Waals surface area contributed by atoms with E-state index in [0.29, 0.717) is 24.9 Å². The molecule has 1 aliphatic carbocycles. The van der Waals surface area contributed by atoms with E-state index in [1.165, 1.54) is 0 Å². The van der Waals surface area contributed by atoms with E-state index >= 15 is 0 Å². The van der Waals surface area contributed by atoms with E-state index in [0.717, 1.165) is 46.4 Å². The Hall–Kier alpha value is -3.75. The molecule has 1 saturated heterocycles. The maximum absolute atomic E-state index is 11.7. The van der Waals surface area contributed by atoms with E-state index in [1.54, 1.807) is 12.4 Å². The molecule has 1 amide bonds. The van der Waals surface area contributed by atoms with Gasteiger partial charge in [-0.05, 0) is 38.0 Å². The molecule has 4 aromatic heterocycles. The number of imidazole rings is 1. The fourth-order valence-electron chi connectivity index (χ4n) is 4.26. The normalized spacial score (nSPS) is 19.3. The zero-order chi connectivity index (χ0) is 21.7. The molecule has 2 atom stereocenters. The zero-order valence-electron chi connectivity index (χ0n) is 17.7. The van der Waals surface area contributed by atoms with Crippen molar-refractivity contribution in [3.63, 3.8) is 0 Å². The van der Waals surface area contributed by atoms with Gasteiger partial charge >= 0.3 is 0 Å². The minimum Gasteiger partial charge on any atom is -0.473 e. The Labute approximate surface area is 184 Å². The number of carbonyl (C=O) groups excluding carboxylic acids is 1. The van der Waals surface area contributed by atoms with E-state index in [9.17, 15) is 4.79 Å². The molecule has 9 nitrogen and oxygen atoms in total. The molecule has 1 saturated carbocycles. The van der Waals surface area contributed by atoms with Crippen molar-refractivity contribution in [1.82, 2.24) is 35.0 Å². The molecule has 5 heterocycles. The number of nitrogens with zero attached hydrogens (tertiary/aromatic N) is 5. The summed E-state index contributed by atoms with van der Waals surface area (Å²) >= 11 is 0. The number of ether oxygens (including phenoxy) is 1. The number of aromatic amines is 1. The Morgan fingerprint density at radius 3 is 2.84 bits per heavy atom. The maximum atomic E-state index is 11.7. The third-order valence-electron chi connectivity index (χ3n) is 6.28. The highest BCUT2D eigenvalue weighted by molar-refractivity contribution is 5.85. The predicted octanol–water partition coefficient (Wildman–Crippen LogP) is 3.12. The number of amides is 1. The van der Waals surface area contributed by atoms with Gasteiger partial charge in [0.15, 0.2) is 0 Å². The third-order valence-corrected chi connectivity index (χ3v) is 6.28. The molecule has 9 heteroatoms. The smallest absolute Gasteiger partial charge is 0.241 e. The van der Waals surface area contributed by atoms with Crippen LogP contribution in [0.15, 0.2) is 43.1 Å². The van der Waals surface area contributed by atoms with E-state index in [1.807, 2.05) is 37.6 Å². The molecule has 2 fully saturated rings. The highest BCUT2D eigenvalue weighted by Gasteiger charge is 2.31. The molecule has 0 bridgehead atoms. The van der Waals surface area contributed by atoms with E-state index in [-0.39, 0.29) is 17.9 Å². The largest absolute Gasteiger partial charge is 0.473 e. The second-order valence-electron chi connectivity index (χ2n) is 8.57. The minimum atomic E-state index is -0.151. The predicted molar refractivity (Wildman–Crippen MR) is 118 cm³/mol. The molecule has 2 aliphatic rings. The zero-order valence-corrected chi connectivity index (χ0v) is 17.7. The van der Waals surface area contributed by atoms with Crippen molar-refractivity contribution in [2.24, 2.45) is 5.92 Å². The molecule has 0 spiro atoms. The van der Waals surface area contributed by atoms with Crippen LogP contribution in [0.2, 0.25) is 0 Å². The molecule has 1 aliphatic heterocycles. The van der Waals surface area contributed by atoms with Gasteiger partial charge in [-0.15, -0.1) is 0 Å². The van der Waals surface area contributed by atoms with Gasteiger partial charge in [-0.3, -0.25) is 14.9 Å². The Balaban J connectivity index is 1.42. The van der Waals surface area contributed by atoms with E-state index in [4.69, 9.17) is 9.72 Å². The van der Waals surface area contributed by atoms with Crippen LogP contribution in [0, 0.1) is 5.92 Å². The van der Waals surface area contributed by atoms with Gasteiger partial charge < -0.3 is 14.6 Å². The number of pyridine rings is 2. The Morgan fingerprint density at radius 2 is 2.09 bits per heavy atom. The number of fused-ring (bicyclic) bond motifs is 1. The average molecular weight is 429 g/mol. The molecule has 162 valence electrons. The van der Waals surface area contributed by atoms with Crippen molar-refractivity contribution >= 4 is 16.9 Å². The van der Waals surface area contributed by atoms with Crippen LogP contribution in [0.3, 0.4) is 0 Å². The van der Waals surface area contributed by atoms with Gasteiger partial charge in [0.05, 0.1) is 29.4 Å². The lowest BCUT2D eigenvalue weighted by Crippen LogP contribution is -2.26. The van der Waals surface area contributed by atoms with Crippen LogP contribution in [0.4, 0.5) is 0 Å². The van der Waals surface area contributed by atoms with Gasteiger partial charge in [0.1, 0.15) is 11.6 Å². The van der Waals surface area contributed by atoms with Crippen LogP contribution in [0.5, 0.6) is 5.88 Å². The summed E-state index contributed by atoms with van der Waals surface area (Å²) in [5.41, 5.74) is 5.20. The molecule has 6 rings (SSSR count). The number of nitrogens with one attached hydrogen (secondary N) is 2. The van der Waals surface area contributed by atoms with Crippen LogP contribution >= 0.6 is 0 Å². The van der Waals surface area contributed by atoms with Gasteiger partial charge in [-0.25, -0.2) is 9.97 Å². The monoisotopic (exact) mass is 429 g/mol. The van der Waals surface area contributed by atoms with Crippen LogP contribution < -0.4 is 10.1 Å². The Bertz CT molecular complexity index is 1290.